The van der Waals surface area contributed by atoms with Crippen LogP contribution in [0.2, 0.25) is 0 Å². The third-order valence-electron chi connectivity index (χ3n) is 1.99. The van der Waals surface area contributed by atoms with Gasteiger partial charge in [0.15, 0.2) is 4.33 Å². The van der Waals surface area contributed by atoms with Crippen LogP contribution < -0.4 is 0 Å². The molecule has 3 atom stereocenters. The lowest BCUT2D eigenvalue weighted by Gasteiger charge is -2.34. The third kappa shape index (κ3) is 4.18. The van der Waals surface area contributed by atoms with E-state index in [1.807, 2.05) is 0 Å². The van der Waals surface area contributed by atoms with E-state index in [1.165, 1.54) is 0 Å². The van der Waals surface area contributed by atoms with Crippen molar-refractivity contribution in [2.75, 3.05) is 0 Å². The smallest absolute Gasteiger partial charge is 0.237 e. The fourth-order valence-electron chi connectivity index (χ4n) is 0.971. The molecule has 0 aromatic carbocycles. The second-order valence-electron chi connectivity index (χ2n) is 3.47. The van der Waals surface area contributed by atoms with Crippen molar-refractivity contribution < 1.29 is 35.1 Å². The molecule has 0 saturated heterocycles. The average Bonchev–Trinajstić information content (AvgIpc) is 2.33. The minimum atomic E-state index is -6.07. The Bertz CT molecular complexity index is 366. The lowest BCUT2D eigenvalue weighted by Crippen LogP contribution is -2.56. The van der Waals surface area contributed by atoms with E-state index in [9.17, 15) is 35.1 Å². The highest BCUT2D eigenvalue weighted by atomic mass is 35.5. The Hall–Kier alpha value is 0.340. The molecule has 0 nitrogen and oxygen atoms in total. The van der Waals surface area contributed by atoms with Crippen molar-refractivity contribution in [1.82, 2.24) is 0 Å². The molecule has 20 heavy (non-hydrogen) atoms. The number of halogens is 12. The summed E-state index contributed by atoms with van der Waals surface area (Å²) in [6.45, 7) is 0. The van der Waals surface area contributed by atoms with Crippen molar-refractivity contribution >= 4 is 46.4 Å². The summed E-state index contributed by atoms with van der Waals surface area (Å²) in [4.78, 5) is 0. The molecule has 0 aromatic rings. The van der Waals surface area contributed by atoms with Crippen molar-refractivity contribution in [1.29, 1.82) is 0 Å². The average molecular weight is 394 g/mol. The molecular formula is C8H4Cl4F8. The Morgan fingerprint density at radius 1 is 0.950 bits per heavy atom. The number of alkyl halides is 10. The molecule has 0 rings (SSSR count). The lowest BCUT2D eigenvalue weighted by molar-refractivity contribution is -0.260. The molecule has 12 heteroatoms. The molecular weight excluding hydrogens is 390 g/mol. The summed E-state index contributed by atoms with van der Waals surface area (Å²) in [5, 5.41) is -3.53. The van der Waals surface area contributed by atoms with E-state index in [2.05, 4.69) is 0 Å². The first-order chi connectivity index (χ1) is 8.70. The molecule has 0 heterocycles. The van der Waals surface area contributed by atoms with Gasteiger partial charge in [-0.2, -0.15) is 22.0 Å². The summed E-state index contributed by atoms with van der Waals surface area (Å²) in [5.74, 6) is -5.66. The fraction of sp³-hybridized carbons (Fsp3) is 0.750. The van der Waals surface area contributed by atoms with E-state index >= 15 is 0 Å². The van der Waals surface area contributed by atoms with Crippen LogP contribution >= 0.6 is 46.4 Å². The van der Waals surface area contributed by atoms with E-state index in [-0.39, 0.29) is 0 Å². The van der Waals surface area contributed by atoms with Gasteiger partial charge in [0.1, 0.15) is 11.7 Å². The highest BCUT2D eigenvalue weighted by molar-refractivity contribution is 6.55. The van der Waals surface area contributed by atoms with Gasteiger partial charge >= 0.3 is 12.1 Å². The molecule has 3 unspecified atom stereocenters. The van der Waals surface area contributed by atoms with Gasteiger partial charge in [-0.05, 0) is 0 Å². The minimum absolute atomic E-state index is 0.486. The van der Waals surface area contributed by atoms with Crippen molar-refractivity contribution in [3.63, 3.8) is 0 Å². The van der Waals surface area contributed by atoms with Crippen LogP contribution in [0, 0.1) is 0 Å². The van der Waals surface area contributed by atoms with E-state index in [4.69, 9.17) is 46.4 Å². The lowest BCUT2D eigenvalue weighted by atomic mass is 10.0. The first-order valence-electron chi connectivity index (χ1n) is 4.41. The molecule has 0 radical (unpaired) electrons. The molecule has 0 N–H and O–H groups in total. The van der Waals surface area contributed by atoms with Gasteiger partial charge < -0.3 is 0 Å². The summed E-state index contributed by atoms with van der Waals surface area (Å²) >= 11 is 20.3. The topological polar surface area (TPSA) is 0 Å². The SMILES string of the molecule is FC=C(Cl)C(Cl)C(Cl)(Cl)C(F)C(F)(F)C(F)C(F)(F)F. The van der Waals surface area contributed by atoms with Crippen molar-refractivity contribution in [2.45, 2.75) is 34.2 Å². The molecule has 0 saturated carbocycles. The van der Waals surface area contributed by atoms with Crippen LogP contribution in [0.25, 0.3) is 0 Å². The summed E-state index contributed by atoms with van der Waals surface area (Å²) in [6.07, 6.45) is -15.6. The summed E-state index contributed by atoms with van der Waals surface area (Å²) in [6, 6.07) is 0. The monoisotopic (exact) mass is 392 g/mol. The molecule has 120 valence electrons. The predicted octanol–water partition coefficient (Wildman–Crippen LogP) is 5.69. The largest absolute Gasteiger partial charge is 0.425 e. The Morgan fingerprint density at radius 2 is 1.35 bits per heavy atom. The van der Waals surface area contributed by atoms with Gasteiger partial charge in [0.05, 0.1) is 5.03 Å². The van der Waals surface area contributed by atoms with Crippen LogP contribution in [-0.2, 0) is 0 Å². The van der Waals surface area contributed by atoms with Crippen LogP contribution in [0.4, 0.5) is 35.1 Å². The zero-order valence-electron chi connectivity index (χ0n) is 8.84. The first kappa shape index (κ1) is 20.3. The minimum Gasteiger partial charge on any atom is -0.237 e. The van der Waals surface area contributed by atoms with Gasteiger partial charge in [0.25, 0.3) is 6.17 Å². The Labute approximate surface area is 127 Å². The van der Waals surface area contributed by atoms with Crippen LogP contribution in [0.1, 0.15) is 0 Å². The molecule has 0 bridgehead atoms. The molecule has 0 spiro atoms. The second kappa shape index (κ2) is 6.62. The Morgan fingerprint density at radius 3 is 1.65 bits per heavy atom. The van der Waals surface area contributed by atoms with Gasteiger partial charge in [-0.3, -0.25) is 0 Å². The normalized spacial score (nSPS) is 19.7. The first-order valence-corrected chi connectivity index (χ1v) is 5.98. The second-order valence-corrected chi connectivity index (χ2v) is 5.79. The maximum Gasteiger partial charge on any atom is 0.425 e. The molecule has 0 aliphatic heterocycles. The van der Waals surface area contributed by atoms with Crippen LogP contribution in [0.15, 0.2) is 11.4 Å². The van der Waals surface area contributed by atoms with Crippen LogP contribution in [-0.4, -0.2) is 34.2 Å². The zero-order chi connectivity index (χ0) is 16.5. The highest BCUT2D eigenvalue weighted by Crippen LogP contribution is 2.48. The van der Waals surface area contributed by atoms with Gasteiger partial charge in [0, 0.05) is 0 Å². The van der Waals surface area contributed by atoms with Crippen LogP contribution in [0.3, 0.4) is 0 Å². The summed E-state index contributed by atoms with van der Waals surface area (Å²) < 4.78 is 96.4. The maximum atomic E-state index is 13.4. The Kier molecular flexibility index (Phi) is 6.74. The summed E-state index contributed by atoms with van der Waals surface area (Å²) in [5.41, 5.74) is 0. The van der Waals surface area contributed by atoms with E-state index in [0.29, 0.717) is 0 Å². The highest BCUT2D eigenvalue weighted by Gasteiger charge is 2.67. The van der Waals surface area contributed by atoms with Gasteiger partial charge in [0.2, 0.25) is 6.17 Å². The van der Waals surface area contributed by atoms with Gasteiger partial charge in [-0.25, -0.2) is 13.2 Å². The molecule has 0 fully saturated rings. The third-order valence-corrected chi connectivity index (χ3v) is 4.02. The molecule has 0 amide bonds. The number of allylic oxidation sites excluding steroid dienone is 1. The van der Waals surface area contributed by atoms with Crippen molar-refractivity contribution in [3.05, 3.63) is 11.4 Å². The molecule has 0 aliphatic carbocycles. The van der Waals surface area contributed by atoms with Crippen molar-refractivity contribution in [2.24, 2.45) is 0 Å². The predicted molar refractivity (Wildman–Crippen MR) is 59.9 cm³/mol. The fourth-order valence-corrected chi connectivity index (χ4v) is 1.94. The number of rotatable bonds is 5. The number of hydrogen-bond acceptors (Lipinski definition) is 0. The van der Waals surface area contributed by atoms with E-state index in [0.717, 1.165) is 0 Å². The van der Waals surface area contributed by atoms with Gasteiger partial charge in [-0.15, -0.1) is 11.6 Å². The van der Waals surface area contributed by atoms with Crippen molar-refractivity contribution in [3.8, 4) is 0 Å². The van der Waals surface area contributed by atoms with Gasteiger partial charge in [-0.1, -0.05) is 34.8 Å². The summed E-state index contributed by atoms with van der Waals surface area (Å²) in [7, 11) is 0. The maximum absolute atomic E-state index is 13.4. The molecule has 0 aliphatic rings. The quantitative estimate of drug-likeness (QED) is 0.415. The Balaban J connectivity index is 5.47. The van der Waals surface area contributed by atoms with E-state index < -0.39 is 45.5 Å². The van der Waals surface area contributed by atoms with E-state index in [1.54, 1.807) is 0 Å². The zero-order valence-corrected chi connectivity index (χ0v) is 11.9. The molecule has 0 aromatic heterocycles. The van der Waals surface area contributed by atoms with Crippen LogP contribution in [0.5, 0.6) is 0 Å². The number of hydrogen-bond donors (Lipinski definition) is 0. The standard InChI is InChI=1S/C8H4Cl4F8/c9-2(1-13)3(10)6(11,12)4(14)7(16,17)5(15)8(18,19)20/h1,3-5H.